The number of hydrogen-bond acceptors (Lipinski definition) is 5. The van der Waals surface area contributed by atoms with Crippen molar-refractivity contribution >= 4 is 17.4 Å². The number of amides is 1. The van der Waals surface area contributed by atoms with Crippen molar-refractivity contribution in [2.24, 2.45) is 0 Å². The average molecular weight is 346 g/mol. The number of halogens is 3. The zero-order valence-electron chi connectivity index (χ0n) is 12.8. The Balaban J connectivity index is 2.28. The number of carbonyl (C=O) groups is 1. The van der Waals surface area contributed by atoms with Crippen LogP contribution in [0.4, 0.5) is 24.7 Å². The van der Waals surface area contributed by atoms with Crippen molar-refractivity contribution in [2.75, 3.05) is 5.32 Å². The van der Waals surface area contributed by atoms with E-state index in [0.29, 0.717) is 5.69 Å². The van der Waals surface area contributed by atoms with E-state index in [9.17, 15) is 28.1 Å². The largest absolute Gasteiger partial charge is 0.437 e. The van der Waals surface area contributed by atoms with E-state index in [1.54, 1.807) is 0 Å². The molecule has 2 N–H and O–H groups in total. The topological polar surface area (TPSA) is 119 Å². The van der Waals surface area contributed by atoms with Gasteiger partial charge in [-0.3, -0.25) is 9.89 Å². The van der Waals surface area contributed by atoms with Gasteiger partial charge in [-0.05, 0) is 25.7 Å². The molecule has 2 aromatic rings. The second-order valence-corrected chi connectivity index (χ2v) is 5.08. The van der Waals surface area contributed by atoms with Crippen LogP contribution in [0.3, 0.4) is 0 Å². The molecule has 0 bridgehead atoms. The zero-order valence-corrected chi connectivity index (χ0v) is 12.8. The van der Waals surface area contributed by atoms with Gasteiger partial charge < -0.3 is 15.4 Å². The van der Waals surface area contributed by atoms with Gasteiger partial charge in [-0.15, -0.1) is 0 Å². The van der Waals surface area contributed by atoms with Crippen molar-refractivity contribution in [1.82, 2.24) is 20.0 Å². The number of nitrogens with one attached hydrogen (secondary N) is 2. The smallest absolute Gasteiger partial charge is 0.358 e. The van der Waals surface area contributed by atoms with Gasteiger partial charge >= 0.3 is 12.0 Å². The Morgan fingerprint density at radius 3 is 2.58 bits per heavy atom. The van der Waals surface area contributed by atoms with Gasteiger partial charge in [0.1, 0.15) is 6.04 Å². The molecule has 0 saturated heterocycles. The zero-order chi connectivity index (χ0) is 18.2. The summed E-state index contributed by atoms with van der Waals surface area (Å²) in [7, 11) is 0. The third kappa shape index (κ3) is 3.21. The maximum absolute atomic E-state index is 12.9. The molecule has 1 atom stereocenters. The summed E-state index contributed by atoms with van der Waals surface area (Å²) in [6.45, 7) is 4.18. The second-order valence-electron chi connectivity index (χ2n) is 5.08. The number of nitrogens with zero attached hydrogens (tertiary/aromatic N) is 4. The summed E-state index contributed by atoms with van der Waals surface area (Å²) in [5.41, 5.74) is -1.38. The van der Waals surface area contributed by atoms with Crippen molar-refractivity contribution in [2.45, 2.75) is 33.0 Å². The first-order valence-corrected chi connectivity index (χ1v) is 6.66. The molecule has 0 aliphatic rings. The van der Waals surface area contributed by atoms with Gasteiger partial charge in [-0.1, -0.05) is 0 Å². The summed E-state index contributed by atoms with van der Waals surface area (Å²) in [5, 5.41) is 21.8. The van der Waals surface area contributed by atoms with Gasteiger partial charge in [0, 0.05) is 0 Å². The number of nitro groups is 1. The Kier molecular flexibility index (Phi) is 4.32. The lowest BCUT2D eigenvalue weighted by molar-refractivity contribution is -0.389. The molecule has 0 fully saturated rings. The van der Waals surface area contributed by atoms with Gasteiger partial charge in [-0.25, -0.2) is 0 Å². The van der Waals surface area contributed by atoms with Crippen LogP contribution in [-0.2, 0) is 11.0 Å². The van der Waals surface area contributed by atoms with Crippen LogP contribution >= 0.6 is 0 Å². The number of anilines is 1. The summed E-state index contributed by atoms with van der Waals surface area (Å²) < 4.78 is 39.7. The summed E-state index contributed by atoms with van der Waals surface area (Å²) in [6, 6.07) is 0.0997. The molecule has 130 valence electrons. The third-order valence-electron chi connectivity index (χ3n) is 3.31. The molecule has 0 saturated carbocycles. The fraction of sp³-hybridized carbons (Fsp3) is 0.417. The summed E-state index contributed by atoms with van der Waals surface area (Å²) >= 11 is 0. The normalized spacial score (nSPS) is 12.9. The number of aryl methyl sites for hydroxylation is 2. The predicted molar refractivity (Wildman–Crippen MR) is 75.3 cm³/mol. The molecule has 0 aliphatic heterocycles. The monoisotopic (exact) mass is 346 g/mol. The number of aromatic nitrogens is 4. The van der Waals surface area contributed by atoms with Gasteiger partial charge in [0.25, 0.3) is 5.91 Å². The lowest BCUT2D eigenvalue weighted by Crippen LogP contribution is -2.26. The van der Waals surface area contributed by atoms with Crippen molar-refractivity contribution in [1.29, 1.82) is 0 Å². The van der Waals surface area contributed by atoms with Crippen molar-refractivity contribution in [3.63, 3.8) is 0 Å². The lowest BCUT2D eigenvalue weighted by atomic mass is 10.2. The molecular formula is C12H13F3N6O3. The molecule has 0 aromatic carbocycles. The molecule has 24 heavy (non-hydrogen) atoms. The molecule has 12 heteroatoms. The molecule has 1 amide bonds. The summed E-state index contributed by atoms with van der Waals surface area (Å²) in [5.74, 6) is -1.27. The summed E-state index contributed by atoms with van der Waals surface area (Å²) in [6.07, 6.45) is -4.74. The van der Waals surface area contributed by atoms with Gasteiger partial charge in [0.05, 0.1) is 28.2 Å². The van der Waals surface area contributed by atoms with E-state index in [1.165, 1.54) is 20.8 Å². The molecule has 2 heterocycles. The molecule has 1 unspecified atom stereocenters. The second kappa shape index (κ2) is 5.94. The van der Waals surface area contributed by atoms with Crippen LogP contribution in [0.2, 0.25) is 0 Å². The van der Waals surface area contributed by atoms with Crippen molar-refractivity contribution in [3.8, 4) is 0 Å². The minimum absolute atomic E-state index is 0.0334. The van der Waals surface area contributed by atoms with Crippen LogP contribution < -0.4 is 5.32 Å². The minimum atomic E-state index is -4.74. The van der Waals surface area contributed by atoms with E-state index in [2.05, 4.69) is 20.6 Å². The highest BCUT2D eigenvalue weighted by molar-refractivity contribution is 5.94. The van der Waals surface area contributed by atoms with E-state index in [0.717, 1.165) is 10.7 Å². The van der Waals surface area contributed by atoms with E-state index < -0.39 is 40.2 Å². The highest BCUT2D eigenvalue weighted by atomic mass is 19.4. The van der Waals surface area contributed by atoms with Crippen LogP contribution in [0.15, 0.2) is 6.07 Å². The number of H-pyrrole nitrogens is 1. The fourth-order valence-electron chi connectivity index (χ4n) is 2.08. The van der Waals surface area contributed by atoms with Crippen LogP contribution in [0.1, 0.15) is 30.0 Å². The Hall–Kier alpha value is -2.92. The highest BCUT2D eigenvalue weighted by Gasteiger charge is 2.38. The van der Waals surface area contributed by atoms with Gasteiger partial charge in [0.2, 0.25) is 0 Å². The Morgan fingerprint density at radius 1 is 1.46 bits per heavy atom. The molecule has 9 nitrogen and oxygen atoms in total. The first-order chi connectivity index (χ1) is 11.0. The molecule has 2 aromatic heterocycles. The predicted octanol–water partition coefficient (Wildman–Crippen LogP) is 2.35. The lowest BCUT2D eigenvalue weighted by Gasteiger charge is -2.13. The van der Waals surface area contributed by atoms with E-state index in [4.69, 9.17) is 0 Å². The van der Waals surface area contributed by atoms with Crippen molar-refractivity contribution in [3.05, 3.63) is 33.3 Å². The standard InChI is InChI=1S/C12H13F3N6O3/c1-5-4-8(21(23)24)19-20(5)7(3)11(22)16-9-6(2)17-18-10(9)12(13,14)15/h4,7H,1-3H3,(H,16,22)(H,17,18). The van der Waals surface area contributed by atoms with Crippen LogP contribution in [0, 0.1) is 24.0 Å². The summed E-state index contributed by atoms with van der Waals surface area (Å²) in [4.78, 5) is 22.2. The number of carbonyl (C=O) groups excluding carboxylic acids is 1. The maximum Gasteiger partial charge on any atom is 0.437 e. The quantitative estimate of drug-likeness (QED) is 0.650. The van der Waals surface area contributed by atoms with Gasteiger partial charge in [0.15, 0.2) is 5.69 Å². The minimum Gasteiger partial charge on any atom is -0.358 e. The Morgan fingerprint density at radius 2 is 2.08 bits per heavy atom. The van der Waals surface area contributed by atoms with Crippen LogP contribution in [0.5, 0.6) is 0 Å². The van der Waals surface area contributed by atoms with E-state index >= 15 is 0 Å². The first kappa shape index (κ1) is 17.4. The molecule has 2 rings (SSSR count). The van der Waals surface area contributed by atoms with Crippen molar-refractivity contribution < 1.29 is 22.9 Å². The third-order valence-corrected chi connectivity index (χ3v) is 3.31. The number of hydrogen-bond donors (Lipinski definition) is 2. The highest BCUT2D eigenvalue weighted by Crippen LogP contribution is 2.35. The number of alkyl halides is 3. The van der Waals surface area contributed by atoms with E-state index in [1.807, 2.05) is 0 Å². The Labute approximate surface area is 133 Å². The SMILES string of the molecule is Cc1[nH]nc(C(F)(F)F)c1NC(=O)C(C)n1nc([N+](=O)[O-])cc1C. The first-order valence-electron chi connectivity index (χ1n) is 6.66. The van der Waals surface area contributed by atoms with Crippen LogP contribution in [0.25, 0.3) is 0 Å². The molecule has 0 spiro atoms. The average Bonchev–Trinajstić information content (AvgIpc) is 3.02. The maximum atomic E-state index is 12.9. The number of rotatable bonds is 4. The van der Waals surface area contributed by atoms with Gasteiger partial charge in [-0.2, -0.15) is 23.0 Å². The van der Waals surface area contributed by atoms with Crippen LogP contribution in [-0.4, -0.2) is 30.8 Å². The number of aromatic amines is 1. The van der Waals surface area contributed by atoms with E-state index in [-0.39, 0.29) is 5.69 Å². The Bertz CT molecular complexity index is 795. The molecule has 0 radical (unpaired) electrons. The molecular weight excluding hydrogens is 333 g/mol. The fourth-order valence-corrected chi connectivity index (χ4v) is 2.08. The molecule has 0 aliphatic carbocycles.